The first-order valence-electron chi connectivity index (χ1n) is 12.6. The largest absolute Gasteiger partial charge is 0.493 e. The van der Waals surface area contributed by atoms with Gasteiger partial charge in [-0.3, -0.25) is 28.0 Å². The molecule has 2 aromatic carbocycles. The summed E-state index contributed by atoms with van der Waals surface area (Å²) in [6.45, 7) is 6.51. The van der Waals surface area contributed by atoms with Crippen LogP contribution in [0.15, 0.2) is 54.9 Å². The minimum absolute atomic E-state index is 0.227. The van der Waals surface area contributed by atoms with Gasteiger partial charge in [-0.25, -0.2) is 0 Å². The lowest BCUT2D eigenvalue weighted by Gasteiger charge is -2.28. The fraction of sp³-hybridized carbons (Fsp3) is 0.414. The summed E-state index contributed by atoms with van der Waals surface area (Å²) < 4.78 is 44.7. The second kappa shape index (κ2) is 11.8. The first-order valence-corrected chi connectivity index (χ1v) is 12.6. The number of nitriles is 1. The van der Waals surface area contributed by atoms with Crippen molar-refractivity contribution in [1.29, 1.82) is 5.26 Å². The molecule has 1 radical (unpaired) electrons. The summed E-state index contributed by atoms with van der Waals surface area (Å²) in [6.07, 6.45) is 3.89. The van der Waals surface area contributed by atoms with Gasteiger partial charge >= 0.3 is 5.97 Å². The molecule has 6 nitrogen and oxygen atoms in total. The Morgan fingerprint density at radius 2 is 1.84 bits per heavy atom. The number of imidazole rings is 1. The lowest BCUT2D eigenvalue weighted by atomic mass is 9.44. The Hall–Kier alpha value is -3.67. The van der Waals surface area contributed by atoms with Gasteiger partial charge in [0.05, 0.1) is 31.8 Å². The third-order valence-corrected chi connectivity index (χ3v) is 6.72. The number of benzene rings is 2. The van der Waals surface area contributed by atoms with E-state index in [0.717, 1.165) is 16.9 Å². The fourth-order valence-corrected chi connectivity index (χ4v) is 4.31. The number of carbonyl (C=O) groups excluding carboxylic acids is 1. The van der Waals surface area contributed by atoms with Crippen LogP contribution in [0.2, 0.25) is 0 Å². The number of nitrogens with zero attached hydrogens (tertiary/aromatic N) is 3. The van der Waals surface area contributed by atoms with Crippen molar-refractivity contribution in [3.05, 3.63) is 71.5 Å². The number of alkyl halides is 2. The SMILES string of the molecule is Cc1ccc(C)c(OCCCC(C)(C)C(=O)Oc2ccc(CC(F)(F)[B-](C#N)c3n(C)cc[n+]3C)cc2)c1. The minimum atomic E-state index is -3.29. The molecule has 0 amide bonds. The molecule has 0 spiro atoms. The Balaban J connectivity index is 1.55. The van der Waals surface area contributed by atoms with Gasteiger partial charge in [-0.2, -0.15) is 5.97 Å². The van der Waals surface area contributed by atoms with Crippen LogP contribution in [0.3, 0.4) is 0 Å². The van der Waals surface area contributed by atoms with Crippen LogP contribution >= 0.6 is 0 Å². The monoisotopic (exact) mass is 522 g/mol. The van der Waals surface area contributed by atoms with Crippen LogP contribution in [-0.2, 0) is 25.3 Å². The van der Waals surface area contributed by atoms with Gasteiger partial charge < -0.3 is 9.47 Å². The molecule has 0 fully saturated rings. The van der Waals surface area contributed by atoms with E-state index >= 15 is 8.78 Å². The average molecular weight is 522 g/mol. The van der Waals surface area contributed by atoms with Crippen molar-refractivity contribution in [2.75, 3.05) is 6.61 Å². The van der Waals surface area contributed by atoms with Crippen molar-refractivity contribution in [2.24, 2.45) is 19.5 Å². The molecule has 3 rings (SSSR count). The Labute approximate surface area is 223 Å². The molecule has 1 aromatic heterocycles. The second-order valence-electron chi connectivity index (χ2n) is 10.5. The van der Waals surface area contributed by atoms with Crippen molar-refractivity contribution < 1.29 is 27.6 Å². The highest BCUT2D eigenvalue weighted by Crippen LogP contribution is 2.28. The number of halogens is 2. The smallest absolute Gasteiger partial charge is 0.316 e. The molecule has 0 unspecified atom stereocenters. The van der Waals surface area contributed by atoms with Crippen LogP contribution in [0.25, 0.3) is 0 Å². The van der Waals surface area contributed by atoms with E-state index in [4.69, 9.17) is 9.47 Å². The van der Waals surface area contributed by atoms with Crippen molar-refractivity contribution in [1.82, 2.24) is 4.57 Å². The fourth-order valence-electron chi connectivity index (χ4n) is 4.31. The van der Waals surface area contributed by atoms with Crippen LogP contribution in [0.1, 0.15) is 43.4 Å². The lowest BCUT2D eigenvalue weighted by Crippen LogP contribution is -2.62. The molecule has 0 atom stereocenters. The molecular weight excluding hydrogens is 487 g/mol. The minimum Gasteiger partial charge on any atom is -0.493 e. The van der Waals surface area contributed by atoms with E-state index in [1.54, 1.807) is 32.5 Å². The van der Waals surface area contributed by atoms with E-state index in [0.29, 0.717) is 25.0 Å². The van der Waals surface area contributed by atoms with Gasteiger partial charge in [0.2, 0.25) is 6.71 Å². The maximum absolute atomic E-state index is 15.1. The van der Waals surface area contributed by atoms with E-state index in [1.165, 1.54) is 33.4 Å². The normalized spacial score (nSPS) is 11.9. The summed E-state index contributed by atoms with van der Waals surface area (Å²) in [7, 11) is 3.27. The summed E-state index contributed by atoms with van der Waals surface area (Å²) in [5.74, 6) is -0.801. The number of carbonyl (C=O) groups is 1. The Morgan fingerprint density at radius 3 is 2.45 bits per heavy atom. The highest BCUT2D eigenvalue weighted by Gasteiger charge is 2.37. The van der Waals surface area contributed by atoms with Gasteiger partial charge in [-0.1, -0.05) is 24.3 Å². The highest BCUT2D eigenvalue weighted by molar-refractivity contribution is 6.80. The molecule has 0 saturated heterocycles. The topological polar surface area (TPSA) is 68.1 Å². The number of hydrogen-bond donors (Lipinski definition) is 0. The molecular formula is C29H35BF2N3O3. The van der Waals surface area contributed by atoms with Crippen LogP contribution in [-0.4, -0.2) is 29.7 Å². The van der Waals surface area contributed by atoms with Gasteiger partial charge in [0.1, 0.15) is 29.7 Å². The maximum atomic E-state index is 15.1. The zero-order valence-corrected chi connectivity index (χ0v) is 22.9. The summed E-state index contributed by atoms with van der Waals surface area (Å²) in [4.78, 5) is 12.8. The number of ether oxygens (including phenoxy) is 2. The van der Waals surface area contributed by atoms with Crippen molar-refractivity contribution >= 4 is 18.4 Å². The molecule has 0 saturated carbocycles. The molecule has 0 bridgehead atoms. The Bertz CT molecular complexity index is 1290. The standard InChI is InChI=1S/C29H35BF2N3O3/c1-21-8-9-22(2)25(18-21)37-17-7-14-28(3,4)26(36)38-24-12-10-23(11-13-24)19-29(31,32)30(20-33)27-34(5)15-16-35(27)6/h8-13,15-16,18H,7,14,17,19H2,1-6H3. The van der Waals surface area contributed by atoms with Crippen molar-refractivity contribution in [2.45, 2.75) is 52.8 Å². The molecule has 0 aliphatic heterocycles. The van der Waals surface area contributed by atoms with Gasteiger partial charge in [0.15, 0.2) is 0 Å². The van der Waals surface area contributed by atoms with E-state index in [9.17, 15) is 10.1 Å². The summed E-state index contributed by atoms with van der Waals surface area (Å²) in [5.41, 5.74) is 2.01. The van der Waals surface area contributed by atoms with Crippen LogP contribution in [0.4, 0.5) is 8.78 Å². The number of aryl methyl sites for hydroxylation is 4. The van der Waals surface area contributed by atoms with E-state index in [-0.39, 0.29) is 11.5 Å². The van der Waals surface area contributed by atoms with Crippen molar-refractivity contribution in [3.8, 4) is 17.5 Å². The molecule has 0 N–H and O–H groups in total. The highest BCUT2D eigenvalue weighted by atomic mass is 19.3. The third kappa shape index (κ3) is 7.00. The van der Waals surface area contributed by atoms with E-state index in [1.807, 2.05) is 45.9 Å². The number of rotatable bonds is 11. The Kier molecular flexibility index (Phi) is 8.98. The third-order valence-electron chi connectivity index (χ3n) is 6.72. The molecule has 201 valence electrons. The zero-order valence-electron chi connectivity index (χ0n) is 22.9. The van der Waals surface area contributed by atoms with Crippen LogP contribution in [0.5, 0.6) is 11.5 Å². The second-order valence-corrected chi connectivity index (χ2v) is 10.5. The molecule has 38 heavy (non-hydrogen) atoms. The summed E-state index contributed by atoms with van der Waals surface area (Å²) in [5, 5.41) is 9.52. The lowest BCUT2D eigenvalue weighted by molar-refractivity contribution is -0.653. The quantitative estimate of drug-likeness (QED) is 0.123. The first-order chi connectivity index (χ1) is 17.8. The van der Waals surface area contributed by atoms with Crippen LogP contribution in [0, 0.1) is 30.5 Å². The zero-order chi connectivity index (χ0) is 28.1. The number of aromatic nitrogens is 2. The van der Waals surface area contributed by atoms with Crippen LogP contribution < -0.4 is 19.8 Å². The van der Waals surface area contributed by atoms with Gasteiger partial charge in [-0.05, 0) is 81.8 Å². The maximum Gasteiger partial charge on any atom is 0.316 e. The molecule has 9 heteroatoms. The number of hydrogen-bond acceptors (Lipinski definition) is 4. The first kappa shape index (κ1) is 28.9. The molecule has 3 aromatic rings. The van der Waals surface area contributed by atoms with Gasteiger partial charge in [0, 0.05) is 0 Å². The average Bonchev–Trinajstić information content (AvgIpc) is 3.18. The van der Waals surface area contributed by atoms with Gasteiger partial charge in [0.25, 0.3) is 0 Å². The summed E-state index contributed by atoms with van der Waals surface area (Å²) >= 11 is 0. The molecule has 0 aliphatic carbocycles. The Morgan fingerprint density at radius 1 is 1.16 bits per heavy atom. The van der Waals surface area contributed by atoms with Gasteiger partial charge in [-0.15, -0.1) is 0 Å². The molecule has 1 heterocycles. The summed E-state index contributed by atoms with van der Waals surface area (Å²) in [6, 6.07) is 12.1. The van der Waals surface area contributed by atoms with E-state index < -0.39 is 30.3 Å². The number of esters is 1. The van der Waals surface area contributed by atoms with E-state index in [2.05, 4.69) is 0 Å². The predicted octanol–water partition coefficient (Wildman–Crippen LogP) is 4.44. The van der Waals surface area contributed by atoms with Crippen molar-refractivity contribution in [3.63, 3.8) is 0 Å². The molecule has 0 aliphatic rings. The predicted molar refractivity (Wildman–Crippen MR) is 143 cm³/mol.